The molecular weight excluding hydrogens is 432 g/mol. The summed E-state index contributed by atoms with van der Waals surface area (Å²) < 4.78 is 52.7. The average Bonchev–Trinajstić information content (AvgIpc) is 3.18. The van der Waals surface area contributed by atoms with E-state index >= 15 is 0 Å². The number of hydrogen-bond donors (Lipinski definition) is 4. The van der Waals surface area contributed by atoms with Gasteiger partial charge in [0.2, 0.25) is 5.91 Å². The molecule has 0 fully saturated rings. The van der Waals surface area contributed by atoms with Gasteiger partial charge in [-0.15, -0.1) is 11.3 Å². The number of nitrogens with two attached hydrogens (primary N) is 2. The van der Waals surface area contributed by atoms with Crippen LogP contribution in [0.25, 0.3) is 5.57 Å². The van der Waals surface area contributed by atoms with Gasteiger partial charge >= 0.3 is 11.9 Å². The van der Waals surface area contributed by atoms with E-state index in [0.29, 0.717) is 0 Å². The summed E-state index contributed by atoms with van der Waals surface area (Å²) in [5.41, 5.74) is 8.69. The third-order valence-corrected chi connectivity index (χ3v) is 4.96. The van der Waals surface area contributed by atoms with Gasteiger partial charge in [-0.05, 0) is 24.5 Å². The predicted molar refractivity (Wildman–Crippen MR) is 100 cm³/mol. The number of primary amides is 1. The molecule has 2 heterocycles. The van der Waals surface area contributed by atoms with Crippen LogP contribution in [0.1, 0.15) is 29.0 Å². The smallest absolute Gasteiger partial charge is 0.383 e. The molecule has 160 valence electrons. The van der Waals surface area contributed by atoms with Crippen molar-refractivity contribution >= 4 is 39.7 Å². The van der Waals surface area contributed by atoms with Crippen molar-refractivity contribution < 1.29 is 27.2 Å². The van der Waals surface area contributed by atoms with E-state index in [-0.39, 0.29) is 34.3 Å². The number of nitrogens with one attached hydrogen (secondary N) is 2. The number of nitrogens with zero attached hydrogens (tertiary/aromatic N) is 2. The second-order valence-corrected chi connectivity index (χ2v) is 7.08. The summed E-state index contributed by atoms with van der Waals surface area (Å²) in [5.74, 6) is -3.39. The summed E-state index contributed by atoms with van der Waals surface area (Å²) in [7, 11) is 0. The van der Waals surface area contributed by atoms with Crippen LogP contribution in [0.15, 0.2) is 27.7 Å². The van der Waals surface area contributed by atoms with Gasteiger partial charge in [-0.2, -0.15) is 13.2 Å². The molecule has 2 aromatic rings. The number of allylic oxidation sites excluding steroid dienone is 4. The molecular formula is C16H14F4N6O3S. The van der Waals surface area contributed by atoms with Crippen LogP contribution in [-0.4, -0.2) is 32.5 Å². The lowest BCUT2D eigenvalue weighted by Crippen LogP contribution is -2.30. The molecule has 6 N–H and O–H groups in total. The number of alkyl halides is 3. The molecule has 0 unspecified atom stereocenters. The average molecular weight is 446 g/mol. The van der Waals surface area contributed by atoms with Crippen molar-refractivity contribution in [3.05, 3.63) is 44.7 Å². The fourth-order valence-electron chi connectivity index (χ4n) is 2.86. The summed E-state index contributed by atoms with van der Waals surface area (Å²) in [5, 5.41) is 3.90. The SMILES string of the molecule is NC(=O)c1c(N)[nH]c(=O)n1CC(=O)Nc1nc(C2=CC(F)=C(C(F)(F)F)CC2)cs1. The number of aromatic amines is 1. The van der Waals surface area contributed by atoms with Gasteiger partial charge in [0.15, 0.2) is 10.8 Å². The molecule has 1 aliphatic rings. The van der Waals surface area contributed by atoms with Crippen LogP contribution in [0.3, 0.4) is 0 Å². The first-order valence-corrected chi connectivity index (χ1v) is 9.15. The zero-order chi connectivity index (χ0) is 22.2. The highest BCUT2D eigenvalue weighted by Gasteiger charge is 2.37. The van der Waals surface area contributed by atoms with Gasteiger partial charge in [-0.1, -0.05) is 0 Å². The maximum absolute atomic E-state index is 13.8. The molecule has 0 aliphatic heterocycles. The van der Waals surface area contributed by atoms with E-state index in [1.807, 2.05) is 0 Å². The van der Waals surface area contributed by atoms with Crippen LogP contribution in [0.2, 0.25) is 0 Å². The van der Waals surface area contributed by atoms with Crippen LogP contribution in [-0.2, 0) is 11.3 Å². The van der Waals surface area contributed by atoms with Crippen molar-refractivity contribution in [1.29, 1.82) is 0 Å². The Balaban J connectivity index is 1.74. The molecule has 0 saturated carbocycles. The Morgan fingerprint density at radius 3 is 2.63 bits per heavy atom. The van der Waals surface area contributed by atoms with Crippen LogP contribution in [0.4, 0.5) is 28.5 Å². The Morgan fingerprint density at radius 1 is 1.33 bits per heavy atom. The highest BCUT2D eigenvalue weighted by atomic mass is 32.1. The normalized spacial score (nSPS) is 14.6. The Kier molecular flexibility index (Phi) is 5.52. The minimum atomic E-state index is -4.74. The van der Waals surface area contributed by atoms with Gasteiger partial charge in [0.05, 0.1) is 11.3 Å². The summed E-state index contributed by atoms with van der Waals surface area (Å²) in [6.07, 6.45) is -4.56. The molecule has 0 bridgehead atoms. The predicted octanol–water partition coefficient (Wildman–Crippen LogP) is 1.92. The lowest BCUT2D eigenvalue weighted by atomic mass is 9.95. The van der Waals surface area contributed by atoms with Crippen LogP contribution >= 0.6 is 11.3 Å². The number of H-pyrrole nitrogens is 1. The third kappa shape index (κ3) is 4.27. The van der Waals surface area contributed by atoms with Gasteiger partial charge in [0, 0.05) is 5.38 Å². The maximum atomic E-state index is 13.8. The molecule has 14 heteroatoms. The van der Waals surface area contributed by atoms with E-state index in [1.54, 1.807) is 0 Å². The number of nitrogen functional groups attached to an aromatic ring is 1. The molecule has 1 aliphatic carbocycles. The van der Waals surface area contributed by atoms with Crippen molar-refractivity contribution in [3.8, 4) is 0 Å². The number of halogens is 4. The molecule has 3 rings (SSSR count). The largest absolute Gasteiger partial charge is 0.415 e. The van der Waals surface area contributed by atoms with E-state index in [9.17, 15) is 31.9 Å². The number of carbonyl (C=O) groups excluding carboxylic acids is 2. The molecule has 30 heavy (non-hydrogen) atoms. The second kappa shape index (κ2) is 7.78. The number of imidazole rings is 1. The summed E-state index contributed by atoms with van der Waals surface area (Å²) in [6, 6.07) is 0. The first kappa shape index (κ1) is 21.3. The van der Waals surface area contributed by atoms with E-state index in [2.05, 4.69) is 15.3 Å². The third-order valence-electron chi connectivity index (χ3n) is 4.20. The number of aromatic nitrogens is 3. The fourth-order valence-corrected chi connectivity index (χ4v) is 3.61. The topological polar surface area (TPSA) is 149 Å². The summed E-state index contributed by atoms with van der Waals surface area (Å²) in [4.78, 5) is 41.6. The van der Waals surface area contributed by atoms with Crippen molar-refractivity contribution in [2.45, 2.75) is 25.6 Å². The fraction of sp³-hybridized carbons (Fsp3) is 0.250. The van der Waals surface area contributed by atoms with Gasteiger partial charge in [0.1, 0.15) is 18.2 Å². The maximum Gasteiger partial charge on any atom is 0.415 e. The Hall–Kier alpha value is -3.42. The zero-order valence-corrected chi connectivity index (χ0v) is 15.8. The lowest BCUT2D eigenvalue weighted by molar-refractivity contribution is -0.116. The zero-order valence-electron chi connectivity index (χ0n) is 15.0. The molecule has 2 aromatic heterocycles. The Morgan fingerprint density at radius 2 is 2.03 bits per heavy atom. The lowest BCUT2D eigenvalue weighted by Gasteiger charge is -2.17. The van der Waals surface area contributed by atoms with E-state index < -0.39 is 48.0 Å². The number of rotatable bonds is 5. The quantitative estimate of drug-likeness (QED) is 0.518. The molecule has 2 amide bonds. The number of hydrogen-bond acceptors (Lipinski definition) is 6. The first-order chi connectivity index (χ1) is 14.0. The number of anilines is 2. The van der Waals surface area contributed by atoms with Gasteiger partial charge in [-0.25, -0.2) is 14.2 Å². The Bertz CT molecular complexity index is 1140. The number of carbonyl (C=O) groups is 2. The molecule has 0 aromatic carbocycles. The van der Waals surface area contributed by atoms with Gasteiger partial charge in [0.25, 0.3) is 5.91 Å². The monoisotopic (exact) mass is 446 g/mol. The molecule has 0 saturated heterocycles. The van der Waals surface area contributed by atoms with Crippen molar-refractivity contribution in [2.24, 2.45) is 5.73 Å². The Labute approximate surface area is 169 Å². The molecule has 0 radical (unpaired) electrons. The first-order valence-electron chi connectivity index (χ1n) is 8.27. The van der Waals surface area contributed by atoms with E-state index in [1.165, 1.54) is 5.38 Å². The van der Waals surface area contributed by atoms with Crippen LogP contribution in [0, 0.1) is 0 Å². The van der Waals surface area contributed by atoms with Crippen molar-refractivity contribution in [3.63, 3.8) is 0 Å². The molecule has 9 nitrogen and oxygen atoms in total. The minimum absolute atomic E-state index is 0.0686. The van der Waals surface area contributed by atoms with Crippen molar-refractivity contribution in [1.82, 2.24) is 14.5 Å². The second-order valence-electron chi connectivity index (χ2n) is 6.22. The minimum Gasteiger partial charge on any atom is -0.383 e. The van der Waals surface area contributed by atoms with Gasteiger partial charge < -0.3 is 16.8 Å². The number of thiazole rings is 1. The van der Waals surface area contributed by atoms with E-state index in [4.69, 9.17) is 11.5 Å². The van der Waals surface area contributed by atoms with Crippen LogP contribution in [0.5, 0.6) is 0 Å². The highest BCUT2D eigenvalue weighted by molar-refractivity contribution is 7.14. The molecule has 0 atom stereocenters. The number of amides is 2. The highest BCUT2D eigenvalue weighted by Crippen LogP contribution is 2.39. The summed E-state index contributed by atoms with van der Waals surface area (Å²) in [6.45, 7) is -0.589. The van der Waals surface area contributed by atoms with Crippen molar-refractivity contribution in [2.75, 3.05) is 11.1 Å². The summed E-state index contributed by atoms with van der Waals surface area (Å²) >= 11 is 0.953. The van der Waals surface area contributed by atoms with Crippen LogP contribution < -0.4 is 22.5 Å². The standard InChI is InChI=1S/C16H14F4N6O3S/c17-8-3-6(1-2-7(8)16(18,19)20)9-5-30-14(23-9)24-10(27)4-26-11(13(22)28)12(21)25-15(26)29/h3,5H,1-2,4,21H2,(H2,22,28)(H,25,29)(H,23,24,27). The van der Waals surface area contributed by atoms with E-state index in [0.717, 1.165) is 22.0 Å². The molecule has 0 spiro atoms. The van der Waals surface area contributed by atoms with Gasteiger partial charge in [-0.3, -0.25) is 19.1 Å².